The summed E-state index contributed by atoms with van der Waals surface area (Å²) in [5, 5.41) is 0. The maximum absolute atomic E-state index is 12.2. The van der Waals surface area contributed by atoms with Crippen LogP contribution >= 0.6 is 0 Å². The highest BCUT2D eigenvalue weighted by Crippen LogP contribution is 2.05. The number of ketones is 1. The van der Waals surface area contributed by atoms with Crippen LogP contribution < -0.4 is 17.0 Å². The molecule has 2 aromatic heterocycles. The number of rotatable bonds is 4. The van der Waals surface area contributed by atoms with E-state index in [1.165, 1.54) is 26.5 Å². The number of nitrogens with two attached hydrogens (primary N) is 1. The van der Waals surface area contributed by atoms with E-state index < -0.39 is 35.2 Å². The molecule has 0 aliphatic heterocycles. The molecule has 24 heavy (non-hydrogen) atoms. The zero-order valence-electron chi connectivity index (χ0n) is 13.3. The standard InChI is InChI=1S/C14H15N5O5/c1-7-4-17-8(5-16-7)13(22)24-6-9(20)10-11(15)18(2)14(23)19(3)12(10)21/h4-5H,6,15H2,1-3H3. The third-order valence-corrected chi connectivity index (χ3v) is 3.31. The number of hydrogen-bond acceptors (Lipinski definition) is 8. The largest absolute Gasteiger partial charge is 0.453 e. The molecular formula is C14H15N5O5. The average Bonchev–Trinajstić information content (AvgIpc) is 2.57. The Kier molecular flexibility index (Phi) is 4.58. The van der Waals surface area contributed by atoms with E-state index in [0.29, 0.717) is 5.69 Å². The topological polar surface area (TPSA) is 139 Å². The smallest absolute Gasteiger partial charge is 0.358 e. The second-order valence-corrected chi connectivity index (χ2v) is 5.01. The lowest BCUT2D eigenvalue weighted by Crippen LogP contribution is -2.42. The van der Waals surface area contributed by atoms with Gasteiger partial charge in [-0.1, -0.05) is 0 Å². The highest BCUT2D eigenvalue weighted by atomic mass is 16.5. The molecule has 0 radical (unpaired) electrons. The van der Waals surface area contributed by atoms with E-state index in [4.69, 9.17) is 10.5 Å². The molecule has 0 fully saturated rings. The first kappa shape index (κ1) is 17.1. The molecule has 0 saturated heterocycles. The molecule has 2 N–H and O–H groups in total. The number of carbonyl (C=O) groups is 2. The predicted octanol–water partition coefficient (Wildman–Crippen LogP) is -1.20. The Balaban J connectivity index is 2.22. The average molecular weight is 333 g/mol. The maximum Gasteiger partial charge on any atom is 0.358 e. The van der Waals surface area contributed by atoms with E-state index >= 15 is 0 Å². The van der Waals surface area contributed by atoms with Gasteiger partial charge in [0.05, 0.1) is 11.9 Å². The lowest BCUT2D eigenvalue weighted by molar-refractivity contribution is 0.0468. The molecule has 2 heterocycles. The lowest BCUT2D eigenvalue weighted by Gasteiger charge is -2.10. The van der Waals surface area contributed by atoms with Crippen molar-refractivity contribution in [3.8, 4) is 0 Å². The summed E-state index contributed by atoms with van der Waals surface area (Å²) in [6, 6.07) is 0. The Labute approximate surface area is 135 Å². The van der Waals surface area contributed by atoms with Gasteiger partial charge in [0.1, 0.15) is 11.4 Å². The summed E-state index contributed by atoms with van der Waals surface area (Å²) < 4.78 is 6.53. The molecule has 0 amide bonds. The van der Waals surface area contributed by atoms with E-state index in [1.807, 2.05) is 0 Å². The molecule has 0 aliphatic rings. The molecule has 0 atom stereocenters. The molecule has 0 saturated carbocycles. The SMILES string of the molecule is Cc1cnc(C(=O)OCC(=O)c2c(N)n(C)c(=O)n(C)c2=O)cn1. The summed E-state index contributed by atoms with van der Waals surface area (Å²) >= 11 is 0. The third kappa shape index (κ3) is 3.07. The number of Topliss-reactive ketones (excluding diaryl/α,β-unsaturated/α-hetero) is 1. The first-order valence-corrected chi connectivity index (χ1v) is 6.78. The minimum Gasteiger partial charge on any atom is -0.453 e. The van der Waals surface area contributed by atoms with Crippen LogP contribution in [0.3, 0.4) is 0 Å². The number of esters is 1. The van der Waals surface area contributed by atoms with Crippen molar-refractivity contribution >= 4 is 17.6 Å². The van der Waals surface area contributed by atoms with Gasteiger partial charge < -0.3 is 10.5 Å². The quantitative estimate of drug-likeness (QED) is 0.544. The molecule has 0 unspecified atom stereocenters. The number of ether oxygens (including phenoxy) is 1. The van der Waals surface area contributed by atoms with E-state index in [-0.39, 0.29) is 11.5 Å². The maximum atomic E-state index is 12.2. The molecule has 2 rings (SSSR count). The summed E-state index contributed by atoms with van der Waals surface area (Å²) in [7, 11) is 2.54. The van der Waals surface area contributed by atoms with Crippen LogP contribution in [-0.2, 0) is 18.8 Å². The zero-order chi connectivity index (χ0) is 18.0. The zero-order valence-corrected chi connectivity index (χ0v) is 13.3. The van der Waals surface area contributed by atoms with Crippen molar-refractivity contribution in [2.45, 2.75) is 6.92 Å². The summed E-state index contributed by atoms with van der Waals surface area (Å²) in [5.74, 6) is -1.98. The fourth-order valence-electron chi connectivity index (χ4n) is 1.90. The van der Waals surface area contributed by atoms with Gasteiger partial charge in [-0.25, -0.2) is 14.6 Å². The van der Waals surface area contributed by atoms with Crippen LogP contribution in [-0.4, -0.2) is 37.5 Å². The van der Waals surface area contributed by atoms with Gasteiger partial charge in [-0.2, -0.15) is 0 Å². The number of nitrogens with zero attached hydrogens (tertiary/aromatic N) is 4. The monoisotopic (exact) mass is 333 g/mol. The van der Waals surface area contributed by atoms with Crippen molar-refractivity contribution in [3.63, 3.8) is 0 Å². The molecule has 126 valence electrons. The fourth-order valence-corrected chi connectivity index (χ4v) is 1.90. The van der Waals surface area contributed by atoms with Crippen LogP contribution in [0.1, 0.15) is 26.5 Å². The summed E-state index contributed by atoms with van der Waals surface area (Å²) in [5.41, 5.74) is 4.26. The van der Waals surface area contributed by atoms with Crippen LogP contribution in [0, 0.1) is 6.92 Å². The Morgan fingerprint density at radius 1 is 1.17 bits per heavy atom. The molecular weight excluding hydrogens is 318 g/mol. The Morgan fingerprint density at radius 3 is 2.42 bits per heavy atom. The second kappa shape index (κ2) is 6.44. The predicted molar refractivity (Wildman–Crippen MR) is 82.7 cm³/mol. The van der Waals surface area contributed by atoms with Crippen LogP contribution in [0.4, 0.5) is 5.82 Å². The van der Waals surface area contributed by atoms with Crippen molar-refractivity contribution < 1.29 is 14.3 Å². The van der Waals surface area contributed by atoms with Gasteiger partial charge in [0.25, 0.3) is 5.56 Å². The normalized spacial score (nSPS) is 10.5. The Hall–Kier alpha value is -3.30. The summed E-state index contributed by atoms with van der Waals surface area (Å²) in [4.78, 5) is 55.4. The van der Waals surface area contributed by atoms with E-state index in [2.05, 4.69) is 9.97 Å². The van der Waals surface area contributed by atoms with Crippen molar-refractivity contribution in [1.29, 1.82) is 0 Å². The highest BCUT2D eigenvalue weighted by molar-refractivity contribution is 6.02. The van der Waals surface area contributed by atoms with Crippen molar-refractivity contribution in [2.75, 3.05) is 12.3 Å². The minimum absolute atomic E-state index is 0.0743. The van der Waals surface area contributed by atoms with E-state index in [9.17, 15) is 19.2 Å². The van der Waals surface area contributed by atoms with Gasteiger partial charge in [0.2, 0.25) is 5.78 Å². The molecule has 0 bridgehead atoms. The molecule has 10 nitrogen and oxygen atoms in total. The van der Waals surface area contributed by atoms with Crippen molar-refractivity contribution in [1.82, 2.24) is 19.1 Å². The van der Waals surface area contributed by atoms with Crippen LogP contribution in [0.15, 0.2) is 22.0 Å². The molecule has 0 aliphatic carbocycles. The lowest BCUT2D eigenvalue weighted by atomic mass is 10.2. The minimum atomic E-state index is -0.865. The molecule has 10 heteroatoms. The number of hydrogen-bond donors (Lipinski definition) is 1. The number of aryl methyl sites for hydroxylation is 1. The number of nitrogen functional groups attached to an aromatic ring is 1. The van der Waals surface area contributed by atoms with Crippen LogP contribution in [0.2, 0.25) is 0 Å². The summed E-state index contributed by atoms with van der Waals surface area (Å²) in [6.45, 7) is 0.982. The van der Waals surface area contributed by atoms with Gasteiger partial charge in [0.15, 0.2) is 12.3 Å². The van der Waals surface area contributed by atoms with Crippen molar-refractivity contribution in [2.24, 2.45) is 14.1 Å². The van der Waals surface area contributed by atoms with Gasteiger partial charge >= 0.3 is 11.7 Å². The van der Waals surface area contributed by atoms with Crippen LogP contribution in [0.5, 0.6) is 0 Å². The molecule has 2 aromatic rings. The number of anilines is 1. The van der Waals surface area contributed by atoms with Gasteiger partial charge in [-0.15, -0.1) is 0 Å². The fraction of sp³-hybridized carbons (Fsp3) is 0.286. The Morgan fingerprint density at radius 2 is 1.83 bits per heavy atom. The van der Waals surface area contributed by atoms with E-state index in [0.717, 1.165) is 9.13 Å². The van der Waals surface area contributed by atoms with Gasteiger partial charge in [-0.3, -0.25) is 23.7 Å². The first-order chi connectivity index (χ1) is 11.2. The van der Waals surface area contributed by atoms with E-state index in [1.54, 1.807) is 6.92 Å². The van der Waals surface area contributed by atoms with Crippen LogP contribution in [0.25, 0.3) is 0 Å². The highest BCUT2D eigenvalue weighted by Gasteiger charge is 2.22. The second-order valence-electron chi connectivity index (χ2n) is 5.01. The number of carbonyl (C=O) groups excluding carboxylic acids is 2. The van der Waals surface area contributed by atoms with Gasteiger partial charge in [-0.05, 0) is 6.92 Å². The van der Waals surface area contributed by atoms with Crippen molar-refractivity contribution in [3.05, 3.63) is 50.2 Å². The first-order valence-electron chi connectivity index (χ1n) is 6.78. The van der Waals surface area contributed by atoms with Gasteiger partial charge in [0, 0.05) is 20.3 Å². The third-order valence-electron chi connectivity index (χ3n) is 3.31. The Bertz CT molecular complexity index is 926. The molecule has 0 aromatic carbocycles. The molecule has 0 spiro atoms. The summed E-state index contributed by atoms with van der Waals surface area (Å²) in [6.07, 6.45) is 2.58. The number of aromatic nitrogens is 4.